The van der Waals surface area contributed by atoms with E-state index in [-0.39, 0.29) is 0 Å². The molecule has 2 aliphatic carbocycles. The third-order valence-corrected chi connectivity index (χ3v) is 2.08. The molecule has 0 radical (unpaired) electrons. The van der Waals surface area contributed by atoms with Gasteiger partial charge in [-0.15, -0.1) is 0 Å². The van der Waals surface area contributed by atoms with Crippen LogP contribution in [0.4, 0.5) is 5.69 Å². The quantitative estimate of drug-likeness (QED) is 0.655. The molecule has 2 nitrogen and oxygen atoms in total. The number of hydrogen-bond donors (Lipinski definition) is 1. The molecule has 2 N–H and O–H groups in total. The van der Waals surface area contributed by atoms with Gasteiger partial charge >= 0.3 is 0 Å². The van der Waals surface area contributed by atoms with Crippen molar-refractivity contribution in [3.63, 3.8) is 0 Å². The molecule has 2 aliphatic rings. The van der Waals surface area contributed by atoms with Crippen LogP contribution in [0.5, 0.6) is 0 Å². The first-order valence-corrected chi connectivity index (χ1v) is 4.00. The number of nitrogens with two attached hydrogens (primary N) is 1. The predicted octanol–water partition coefficient (Wildman–Crippen LogP) is 2.25. The average Bonchev–Trinajstić information content (AvgIpc) is 2.47. The Morgan fingerprint density at radius 2 is 1.77 bits per heavy atom. The summed E-state index contributed by atoms with van der Waals surface area (Å²) in [6.07, 6.45) is 0. The first kappa shape index (κ1) is 7.63. The van der Waals surface area contributed by atoms with E-state index in [2.05, 4.69) is 6.07 Å². The van der Waals surface area contributed by atoms with Gasteiger partial charge in [0.2, 0.25) is 0 Å². The Labute approximate surface area is 76.6 Å². The van der Waals surface area contributed by atoms with Crippen LogP contribution in [0.1, 0.15) is 5.56 Å². The lowest BCUT2D eigenvalue weighted by molar-refractivity contribution is 1.51. The van der Waals surface area contributed by atoms with Gasteiger partial charge in [-0.2, -0.15) is 5.26 Å². The largest absolute Gasteiger partial charge is 0.398 e. The lowest BCUT2D eigenvalue weighted by Gasteiger charge is -1.95. The topological polar surface area (TPSA) is 49.8 Å². The van der Waals surface area contributed by atoms with Crippen LogP contribution in [0.25, 0.3) is 11.1 Å². The zero-order valence-electron chi connectivity index (χ0n) is 6.99. The molecule has 0 aromatic carbocycles. The fourth-order valence-corrected chi connectivity index (χ4v) is 1.42. The van der Waals surface area contributed by atoms with Crippen molar-refractivity contribution in [2.75, 3.05) is 5.73 Å². The van der Waals surface area contributed by atoms with Gasteiger partial charge in [-0.1, -0.05) is 24.3 Å². The van der Waals surface area contributed by atoms with Gasteiger partial charge in [0.1, 0.15) is 0 Å². The molecule has 0 amide bonds. The van der Waals surface area contributed by atoms with Crippen molar-refractivity contribution in [3.8, 4) is 17.2 Å². The fourth-order valence-electron chi connectivity index (χ4n) is 1.42. The summed E-state index contributed by atoms with van der Waals surface area (Å²) in [6, 6.07) is 13.3. The van der Waals surface area contributed by atoms with Crippen molar-refractivity contribution < 1.29 is 0 Å². The van der Waals surface area contributed by atoms with Crippen LogP contribution < -0.4 is 5.73 Å². The highest BCUT2D eigenvalue weighted by molar-refractivity contribution is 5.82. The summed E-state index contributed by atoms with van der Waals surface area (Å²) in [5.41, 5.74) is 9.05. The summed E-state index contributed by atoms with van der Waals surface area (Å²) < 4.78 is 0. The molecule has 2 heteroatoms. The van der Waals surface area contributed by atoms with E-state index in [4.69, 9.17) is 11.0 Å². The normalized spacial score (nSPS) is 9.77. The molecule has 0 fully saturated rings. The standard InChI is InChI=1S/C11H8N2/c12-7-8-5-6-10-9(8)3-1-2-4-11(10)13/h1-6H,13H2. The second-order valence-corrected chi connectivity index (χ2v) is 2.86. The van der Waals surface area contributed by atoms with Crippen LogP contribution in [0.15, 0.2) is 36.4 Å². The van der Waals surface area contributed by atoms with Crippen LogP contribution in [-0.2, 0) is 0 Å². The Balaban J connectivity index is 2.79. The molecule has 0 spiro atoms. The van der Waals surface area contributed by atoms with E-state index in [9.17, 15) is 0 Å². The molecule has 0 saturated carbocycles. The van der Waals surface area contributed by atoms with E-state index in [0.29, 0.717) is 11.3 Å². The van der Waals surface area contributed by atoms with E-state index >= 15 is 0 Å². The number of fused-ring (bicyclic) bond motifs is 1. The summed E-state index contributed by atoms with van der Waals surface area (Å²) >= 11 is 0. The van der Waals surface area contributed by atoms with E-state index in [0.717, 1.165) is 11.1 Å². The van der Waals surface area contributed by atoms with E-state index in [1.165, 1.54) is 0 Å². The molecular formula is C11H8N2. The molecular weight excluding hydrogens is 160 g/mol. The zero-order valence-corrected chi connectivity index (χ0v) is 6.99. The molecule has 13 heavy (non-hydrogen) atoms. The number of anilines is 1. The predicted molar refractivity (Wildman–Crippen MR) is 52.2 cm³/mol. The minimum absolute atomic E-state index is 0.679. The van der Waals surface area contributed by atoms with Crippen molar-refractivity contribution >= 4 is 5.69 Å². The highest BCUT2D eigenvalue weighted by atomic mass is 14.6. The van der Waals surface area contributed by atoms with E-state index in [1.54, 1.807) is 6.07 Å². The Morgan fingerprint density at radius 3 is 2.54 bits per heavy atom. The van der Waals surface area contributed by atoms with Crippen molar-refractivity contribution in [1.29, 1.82) is 5.26 Å². The van der Waals surface area contributed by atoms with Gasteiger partial charge in [0.05, 0.1) is 11.6 Å². The first-order chi connectivity index (χ1) is 6.33. The number of nitrogens with zero attached hydrogens (tertiary/aromatic N) is 1. The Kier molecular flexibility index (Phi) is 1.64. The Bertz CT molecular complexity index is 454. The lowest BCUT2D eigenvalue weighted by atomic mass is 10.1. The zero-order chi connectivity index (χ0) is 9.26. The Hall–Kier alpha value is -2.01. The molecule has 62 valence electrons. The minimum Gasteiger partial charge on any atom is -0.398 e. The van der Waals surface area contributed by atoms with Gasteiger partial charge in [-0.25, -0.2) is 0 Å². The van der Waals surface area contributed by atoms with Gasteiger partial charge in [0.15, 0.2) is 0 Å². The van der Waals surface area contributed by atoms with Gasteiger partial charge in [0, 0.05) is 16.8 Å². The van der Waals surface area contributed by atoms with Gasteiger partial charge in [-0.3, -0.25) is 0 Å². The fraction of sp³-hybridized carbons (Fsp3) is 0. The number of rotatable bonds is 0. The molecule has 2 rings (SSSR count). The summed E-state index contributed by atoms with van der Waals surface area (Å²) in [7, 11) is 0. The van der Waals surface area contributed by atoms with Crippen LogP contribution >= 0.6 is 0 Å². The molecule has 0 aromatic heterocycles. The maximum Gasteiger partial charge on any atom is 0.0998 e. The summed E-state index contributed by atoms with van der Waals surface area (Å²) in [4.78, 5) is 0. The molecule has 0 heterocycles. The first-order valence-electron chi connectivity index (χ1n) is 4.00. The molecule has 0 saturated heterocycles. The van der Waals surface area contributed by atoms with Crippen molar-refractivity contribution in [1.82, 2.24) is 0 Å². The van der Waals surface area contributed by atoms with Crippen LogP contribution in [0, 0.1) is 11.3 Å². The highest BCUT2D eigenvalue weighted by Gasteiger charge is 2.09. The van der Waals surface area contributed by atoms with Crippen LogP contribution in [0.3, 0.4) is 0 Å². The van der Waals surface area contributed by atoms with Crippen molar-refractivity contribution in [2.45, 2.75) is 0 Å². The average molecular weight is 168 g/mol. The maximum absolute atomic E-state index is 8.81. The lowest BCUT2D eigenvalue weighted by Crippen LogP contribution is -1.84. The maximum atomic E-state index is 8.81. The van der Waals surface area contributed by atoms with Gasteiger partial charge in [0.25, 0.3) is 0 Å². The van der Waals surface area contributed by atoms with Crippen molar-refractivity contribution in [2.24, 2.45) is 0 Å². The summed E-state index contributed by atoms with van der Waals surface area (Å²) in [6.45, 7) is 0. The van der Waals surface area contributed by atoms with E-state index < -0.39 is 0 Å². The smallest absolute Gasteiger partial charge is 0.0998 e. The number of nitrogen functional groups attached to an aromatic ring is 1. The second kappa shape index (κ2) is 2.80. The molecule has 0 unspecified atom stereocenters. The van der Waals surface area contributed by atoms with Gasteiger partial charge in [-0.05, 0) is 12.1 Å². The third-order valence-electron chi connectivity index (χ3n) is 2.08. The van der Waals surface area contributed by atoms with Crippen LogP contribution in [0.2, 0.25) is 0 Å². The van der Waals surface area contributed by atoms with Crippen molar-refractivity contribution in [3.05, 3.63) is 42.0 Å². The third kappa shape index (κ3) is 1.11. The Morgan fingerprint density at radius 1 is 1.00 bits per heavy atom. The number of nitriles is 1. The van der Waals surface area contributed by atoms with E-state index in [1.807, 2.05) is 30.3 Å². The minimum atomic E-state index is 0.679. The molecule has 0 bridgehead atoms. The molecule has 0 aliphatic heterocycles. The molecule has 0 atom stereocenters. The van der Waals surface area contributed by atoms with Crippen LogP contribution in [-0.4, -0.2) is 0 Å². The summed E-state index contributed by atoms with van der Waals surface area (Å²) in [5, 5.41) is 8.81. The SMILES string of the molecule is N#Cc1ccc2c(N)ccccc1-2. The number of hydrogen-bond acceptors (Lipinski definition) is 2. The highest BCUT2D eigenvalue weighted by Crippen LogP contribution is 2.30. The second-order valence-electron chi connectivity index (χ2n) is 2.86. The van der Waals surface area contributed by atoms with Gasteiger partial charge < -0.3 is 5.73 Å². The molecule has 0 aromatic rings. The monoisotopic (exact) mass is 168 g/mol. The summed E-state index contributed by atoms with van der Waals surface area (Å²) in [5.74, 6) is 0.